The highest BCUT2D eigenvalue weighted by Crippen LogP contribution is 2.26. The summed E-state index contributed by atoms with van der Waals surface area (Å²) in [6.45, 7) is 8.89. The Morgan fingerprint density at radius 1 is 1.14 bits per heavy atom. The Balaban J connectivity index is 2.10. The lowest BCUT2D eigenvalue weighted by Crippen LogP contribution is -2.38. The summed E-state index contributed by atoms with van der Waals surface area (Å²) in [4.78, 5) is 12.1. The van der Waals surface area contributed by atoms with Crippen molar-refractivity contribution < 1.29 is 18.7 Å². The molecule has 0 aliphatic rings. The molecule has 0 aliphatic carbocycles. The second kappa shape index (κ2) is 5.41. The number of carbonyl (C=O) groups is 1. The molecule has 0 fully saturated rings. The van der Waals surface area contributed by atoms with Gasteiger partial charge in [-0.2, -0.15) is 0 Å². The molecule has 0 aliphatic heterocycles. The van der Waals surface area contributed by atoms with Crippen molar-refractivity contribution >= 4 is 5.91 Å². The van der Waals surface area contributed by atoms with Crippen LogP contribution >= 0.6 is 0 Å². The van der Waals surface area contributed by atoms with Crippen LogP contribution in [-0.4, -0.2) is 17.6 Å². The van der Waals surface area contributed by atoms with E-state index < -0.39 is 5.60 Å². The monoisotopic (exact) mass is 291 g/mol. The number of hydrogen-bond acceptors (Lipinski definition) is 4. The SMILES string of the molecule is Cc1cc(C(=O)NCC(C)(O)c2cc(C)oc2C)c(C)o1. The summed E-state index contributed by atoms with van der Waals surface area (Å²) in [7, 11) is 0. The summed E-state index contributed by atoms with van der Waals surface area (Å²) in [5.41, 5.74) is -0.0201. The van der Waals surface area contributed by atoms with Gasteiger partial charge in [0.25, 0.3) is 5.91 Å². The molecular formula is C16H21NO4. The van der Waals surface area contributed by atoms with E-state index in [1.807, 2.05) is 6.92 Å². The molecule has 0 radical (unpaired) electrons. The second-order valence-electron chi connectivity index (χ2n) is 5.61. The summed E-state index contributed by atoms with van der Waals surface area (Å²) in [5, 5.41) is 13.3. The van der Waals surface area contributed by atoms with Gasteiger partial charge in [-0.05, 0) is 46.8 Å². The first-order chi connectivity index (χ1) is 9.70. The average Bonchev–Trinajstić information content (AvgIpc) is 2.89. The van der Waals surface area contributed by atoms with Crippen LogP contribution in [0.15, 0.2) is 21.0 Å². The summed E-state index contributed by atoms with van der Waals surface area (Å²) in [5.74, 6) is 2.38. The third-order valence-electron chi connectivity index (χ3n) is 3.50. The Morgan fingerprint density at radius 2 is 1.71 bits per heavy atom. The fourth-order valence-corrected chi connectivity index (χ4v) is 2.46. The van der Waals surface area contributed by atoms with Crippen molar-refractivity contribution in [2.75, 3.05) is 6.54 Å². The number of aryl methyl sites for hydroxylation is 4. The maximum atomic E-state index is 12.1. The average molecular weight is 291 g/mol. The van der Waals surface area contributed by atoms with Crippen molar-refractivity contribution in [3.63, 3.8) is 0 Å². The van der Waals surface area contributed by atoms with Gasteiger partial charge in [-0.25, -0.2) is 0 Å². The number of rotatable bonds is 4. The summed E-state index contributed by atoms with van der Waals surface area (Å²) < 4.78 is 10.8. The fourth-order valence-electron chi connectivity index (χ4n) is 2.46. The van der Waals surface area contributed by atoms with Gasteiger partial charge in [0.15, 0.2) is 0 Å². The van der Waals surface area contributed by atoms with Crippen LogP contribution in [0.2, 0.25) is 0 Å². The largest absolute Gasteiger partial charge is 0.466 e. The lowest BCUT2D eigenvalue weighted by molar-refractivity contribution is 0.0513. The van der Waals surface area contributed by atoms with Gasteiger partial charge in [0.05, 0.1) is 12.1 Å². The first kappa shape index (κ1) is 15.4. The molecule has 21 heavy (non-hydrogen) atoms. The van der Waals surface area contributed by atoms with Gasteiger partial charge in [-0.1, -0.05) is 0 Å². The zero-order chi connectivity index (χ0) is 15.8. The van der Waals surface area contributed by atoms with E-state index in [1.54, 1.807) is 39.8 Å². The summed E-state index contributed by atoms with van der Waals surface area (Å²) in [6, 6.07) is 3.47. The first-order valence-electron chi connectivity index (χ1n) is 6.86. The third-order valence-corrected chi connectivity index (χ3v) is 3.50. The minimum absolute atomic E-state index is 0.0926. The maximum Gasteiger partial charge on any atom is 0.254 e. The molecule has 2 aromatic heterocycles. The van der Waals surface area contributed by atoms with Gasteiger partial charge in [-0.3, -0.25) is 4.79 Å². The molecule has 5 nitrogen and oxygen atoms in total. The molecule has 2 rings (SSSR count). The van der Waals surface area contributed by atoms with Crippen LogP contribution in [0.25, 0.3) is 0 Å². The van der Waals surface area contributed by atoms with Crippen LogP contribution in [0.4, 0.5) is 0 Å². The van der Waals surface area contributed by atoms with Crippen molar-refractivity contribution in [1.82, 2.24) is 5.32 Å². The van der Waals surface area contributed by atoms with E-state index in [2.05, 4.69) is 5.32 Å². The fraction of sp³-hybridized carbons (Fsp3) is 0.438. The van der Waals surface area contributed by atoms with E-state index >= 15 is 0 Å². The Labute approximate surface area is 124 Å². The molecule has 0 saturated carbocycles. The van der Waals surface area contributed by atoms with Gasteiger partial charge >= 0.3 is 0 Å². The van der Waals surface area contributed by atoms with E-state index in [0.717, 1.165) is 5.76 Å². The molecule has 2 heterocycles. The van der Waals surface area contributed by atoms with Crippen LogP contribution in [-0.2, 0) is 5.60 Å². The normalized spacial score (nSPS) is 14.0. The van der Waals surface area contributed by atoms with Crippen molar-refractivity contribution in [1.29, 1.82) is 0 Å². The molecule has 0 spiro atoms. The van der Waals surface area contributed by atoms with E-state index in [9.17, 15) is 9.90 Å². The molecule has 0 aromatic carbocycles. The molecule has 5 heteroatoms. The number of furan rings is 2. The van der Waals surface area contributed by atoms with E-state index in [4.69, 9.17) is 8.83 Å². The number of hydrogen-bond donors (Lipinski definition) is 2. The Bertz CT molecular complexity index is 664. The number of aliphatic hydroxyl groups is 1. The van der Waals surface area contributed by atoms with E-state index in [-0.39, 0.29) is 12.5 Å². The predicted molar refractivity (Wildman–Crippen MR) is 78.3 cm³/mol. The molecule has 2 aromatic rings. The smallest absolute Gasteiger partial charge is 0.254 e. The molecule has 1 amide bonds. The van der Waals surface area contributed by atoms with E-state index in [0.29, 0.717) is 28.4 Å². The highest BCUT2D eigenvalue weighted by Gasteiger charge is 2.28. The minimum atomic E-state index is -1.19. The Morgan fingerprint density at radius 3 is 2.19 bits per heavy atom. The highest BCUT2D eigenvalue weighted by atomic mass is 16.3. The summed E-state index contributed by atoms with van der Waals surface area (Å²) >= 11 is 0. The zero-order valence-electron chi connectivity index (χ0n) is 13.0. The predicted octanol–water partition coefficient (Wildman–Crippen LogP) is 2.74. The lowest BCUT2D eigenvalue weighted by Gasteiger charge is -2.23. The first-order valence-corrected chi connectivity index (χ1v) is 6.86. The second-order valence-corrected chi connectivity index (χ2v) is 5.61. The Hall–Kier alpha value is -2.01. The molecule has 1 unspecified atom stereocenters. The van der Waals surface area contributed by atoms with Crippen LogP contribution in [0, 0.1) is 27.7 Å². The lowest BCUT2D eigenvalue weighted by atomic mass is 9.96. The van der Waals surface area contributed by atoms with Crippen molar-refractivity contribution in [3.8, 4) is 0 Å². The van der Waals surface area contributed by atoms with Crippen molar-refractivity contribution in [2.24, 2.45) is 0 Å². The van der Waals surface area contributed by atoms with Crippen LogP contribution in [0.3, 0.4) is 0 Å². The Kier molecular flexibility index (Phi) is 3.96. The third kappa shape index (κ3) is 3.19. The van der Waals surface area contributed by atoms with Crippen LogP contribution in [0.5, 0.6) is 0 Å². The maximum absolute atomic E-state index is 12.1. The quantitative estimate of drug-likeness (QED) is 0.908. The standard InChI is InChI=1S/C16H21NO4/c1-9-6-13(11(3)20-9)15(18)17-8-16(5,19)14-7-10(2)21-12(14)4/h6-7,19H,8H2,1-5H3,(H,17,18). The van der Waals surface area contributed by atoms with Gasteiger partial charge in [0.1, 0.15) is 28.6 Å². The number of carbonyl (C=O) groups excluding carboxylic acids is 1. The molecule has 114 valence electrons. The van der Waals surface area contributed by atoms with Crippen molar-refractivity contribution in [3.05, 3.63) is 46.3 Å². The van der Waals surface area contributed by atoms with Gasteiger partial charge in [-0.15, -0.1) is 0 Å². The molecule has 2 N–H and O–H groups in total. The van der Waals surface area contributed by atoms with Gasteiger partial charge in [0.2, 0.25) is 0 Å². The zero-order valence-corrected chi connectivity index (χ0v) is 13.0. The van der Waals surface area contributed by atoms with E-state index in [1.165, 1.54) is 0 Å². The summed E-state index contributed by atoms with van der Waals surface area (Å²) in [6.07, 6.45) is 0. The molecule has 0 saturated heterocycles. The molecular weight excluding hydrogens is 270 g/mol. The number of nitrogens with one attached hydrogen (secondary N) is 1. The molecule has 1 atom stereocenters. The highest BCUT2D eigenvalue weighted by molar-refractivity contribution is 5.95. The van der Waals surface area contributed by atoms with Crippen molar-refractivity contribution in [2.45, 2.75) is 40.2 Å². The van der Waals surface area contributed by atoms with Gasteiger partial charge < -0.3 is 19.3 Å². The van der Waals surface area contributed by atoms with Gasteiger partial charge in [0, 0.05) is 5.56 Å². The minimum Gasteiger partial charge on any atom is -0.466 e. The molecule has 0 bridgehead atoms. The number of amides is 1. The van der Waals surface area contributed by atoms with Crippen LogP contribution in [0.1, 0.15) is 45.9 Å². The van der Waals surface area contributed by atoms with Crippen LogP contribution < -0.4 is 5.32 Å². The topological polar surface area (TPSA) is 75.6 Å².